The van der Waals surface area contributed by atoms with E-state index >= 15 is 0 Å². The average Bonchev–Trinajstić information content (AvgIpc) is 3.16. The minimum Gasteiger partial charge on any atom is -0.493 e. The Kier molecular flexibility index (Phi) is 7.17. The van der Waals surface area contributed by atoms with Crippen LogP contribution in [0.25, 0.3) is 16.8 Å². The van der Waals surface area contributed by atoms with Gasteiger partial charge in [0.15, 0.2) is 11.5 Å². The Hall–Kier alpha value is -3.81. The van der Waals surface area contributed by atoms with Gasteiger partial charge in [-0.05, 0) is 57.8 Å². The highest BCUT2D eigenvalue weighted by molar-refractivity contribution is 9.10. The zero-order valence-electron chi connectivity index (χ0n) is 19.8. The van der Waals surface area contributed by atoms with Crippen molar-refractivity contribution in [3.8, 4) is 11.5 Å². The maximum Gasteiger partial charge on any atom is 0.329 e. The van der Waals surface area contributed by atoms with Crippen molar-refractivity contribution in [2.45, 2.75) is 13.2 Å². The van der Waals surface area contributed by atoms with Gasteiger partial charge in [-0.15, -0.1) is 0 Å². The normalized spacial score (nSPS) is 14.4. The third-order valence-corrected chi connectivity index (χ3v) is 6.84. The summed E-state index contributed by atoms with van der Waals surface area (Å²) in [6, 6.07) is 24.5. The molecular formula is C29H22BrClN2O4. The molecule has 1 heterocycles. The largest absolute Gasteiger partial charge is 0.493 e. The summed E-state index contributed by atoms with van der Waals surface area (Å²) in [5.41, 5.74) is 2.61. The van der Waals surface area contributed by atoms with Crippen molar-refractivity contribution in [3.63, 3.8) is 0 Å². The smallest absolute Gasteiger partial charge is 0.329 e. The van der Waals surface area contributed by atoms with E-state index in [4.69, 9.17) is 21.1 Å². The van der Waals surface area contributed by atoms with Gasteiger partial charge in [0.1, 0.15) is 12.3 Å². The lowest BCUT2D eigenvalue weighted by Gasteiger charge is -2.14. The first-order chi connectivity index (χ1) is 17.9. The Labute approximate surface area is 227 Å². The van der Waals surface area contributed by atoms with Crippen molar-refractivity contribution in [2.24, 2.45) is 0 Å². The van der Waals surface area contributed by atoms with Gasteiger partial charge in [0.2, 0.25) is 0 Å². The van der Waals surface area contributed by atoms with Crippen molar-refractivity contribution in [2.75, 3.05) is 7.11 Å². The van der Waals surface area contributed by atoms with Crippen molar-refractivity contribution < 1.29 is 19.1 Å². The number of carbonyl (C=O) groups is 2. The van der Waals surface area contributed by atoms with Crippen LogP contribution in [0.1, 0.15) is 16.7 Å². The fraction of sp³-hybridized carbons (Fsp3) is 0.103. The monoisotopic (exact) mass is 576 g/mol. The van der Waals surface area contributed by atoms with Crippen LogP contribution in [-0.4, -0.2) is 23.9 Å². The standard InChI is InChI=1S/C29H22BrClN2O4/c1-36-26-15-19(14-25-28(34)33(29(35)32-25)16-18-9-11-22(30)12-10-18)13-24(31)27(26)37-17-21-7-4-6-20-5-2-3-8-23(20)21/h2-15H,16-17H2,1H3,(H,32,35)/b25-14+. The number of nitrogens with zero attached hydrogens (tertiary/aromatic N) is 1. The molecule has 5 rings (SSSR count). The summed E-state index contributed by atoms with van der Waals surface area (Å²) in [5, 5.41) is 5.20. The number of amides is 3. The number of imide groups is 1. The number of benzene rings is 4. The SMILES string of the molecule is COc1cc(/C=C2/NC(=O)N(Cc3ccc(Br)cc3)C2=O)cc(Cl)c1OCc1cccc2ccccc12. The Bertz CT molecular complexity index is 1530. The minimum absolute atomic E-state index is 0.157. The third-order valence-electron chi connectivity index (χ3n) is 6.03. The Morgan fingerprint density at radius 2 is 1.76 bits per heavy atom. The highest BCUT2D eigenvalue weighted by atomic mass is 79.9. The van der Waals surface area contributed by atoms with Gasteiger partial charge in [-0.1, -0.05) is 82.1 Å². The Balaban J connectivity index is 1.36. The van der Waals surface area contributed by atoms with E-state index in [0.717, 1.165) is 31.3 Å². The van der Waals surface area contributed by atoms with E-state index in [0.29, 0.717) is 28.7 Å². The molecule has 0 radical (unpaired) electrons. The van der Waals surface area contributed by atoms with E-state index in [1.807, 2.05) is 48.5 Å². The van der Waals surface area contributed by atoms with Crippen LogP contribution in [0.2, 0.25) is 5.02 Å². The summed E-state index contributed by atoms with van der Waals surface area (Å²) >= 11 is 9.96. The van der Waals surface area contributed by atoms with Crippen molar-refractivity contribution in [3.05, 3.63) is 111 Å². The van der Waals surface area contributed by atoms with E-state index < -0.39 is 11.9 Å². The number of rotatable bonds is 7. The molecule has 1 aliphatic heterocycles. The molecule has 4 aromatic rings. The highest BCUT2D eigenvalue weighted by Gasteiger charge is 2.33. The highest BCUT2D eigenvalue weighted by Crippen LogP contribution is 2.38. The van der Waals surface area contributed by atoms with Crippen LogP contribution in [0.5, 0.6) is 11.5 Å². The molecule has 3 amide bonds. The molecule has 0 atom stereocenters. The molecule has 1 N–H and O–H groups in total. The van der Waals surface area contributed by atoms with Gasteiger partial charge in [-0.25, -0.2) is 4.79 Å². The van der Waals surface area contributed by atoms with Gasteiger partial charge < -0.3 is 14.8 Å². The van der Waals surface area contributed by atoms with E-state index in [9.17, 15) is 9.59 Å². The molecule has 0 bridgehead atoms. The Morgan fingerprint density at radius 1 is 1.00 bits per heavy atom. The third kappa shape index (κ3) is 5.33. The quantitative estimate of drug-likeness (QED) is 0.191. The number of urea groups is 1. The van der Waals surface area contributed by atoms with E-state index in [-0.39, 0.29) is 12.2 Å². The van der Waals surface area contributed by atoms with E-state index in [1.165, 1.54) is 7.11 Å². The number of fused-ring (bicyclic) bond motifs is 1. The molecule has 37 heavy (non-hydrogen) atoms. The van der Waals surface area contributed by atoms with Crippen molar-refractivity contribution in [1.82, 2.24) is 10.2 Å². The fourth-order valence-electron chi connectivity index (χ4n) is 4.19. The van der Waals surface area contributed by atoms with Crippen molar-refractivity contribution in [1.29, 1.82) is 0 Å². The maximum absolute atomic E-state index is 12.9. The molecule has 8 heteroatoms. The van der Waals surface area contributed by atoms with Crippen LogP contribution in [0.3, 0.4) is 0 Å². The van der Waals surface area contributed by atoms with E-state index in [2.05, 4.69) is 39.4 Å². The first-order valence-corrected chi connectivity index (χ1v) is 12.7. The topological polar surface area (TPSA) is 67.9 Å². The summed E-state index contributed by atoms with van der Waals surface area (Å²) in [5.74, 6) is 0.403. The van der Waals surface area contributed by atoms with Crippen molar-refractivity contribution >= 4 is 56.3 Å². The lowest BCUT2D eigenvalue weighted by Crippen LogP contribution is -2.30. The minimum atomic E-state index is -0.479. The molecule has 1 saturated heterocycles. The first kappa shape index (κ1) is 24.9. The molecule has 0 spiro atoms. The number of ether oxygens (including phenoxy) is 2. The molecule has 4 aromatic carbocycles. The second-order valence-corrected chi connectivity index (χ2v) is 9.79. The average molecular weight is 578 g/mol. The lowest BCUT2D eigenvalue weighted by atomic mass is 10.1. The Morgan fingerprint density at radius 3 is 2.54 bits per heavy atom. The molecule has 0 unspecified atom stereocenters. The van der Waals surface area contributed by atoms with Gasteiger partial charge in [0, 0.05) is 4.47 Å². The van der Waals surface area contributed by atoms with Gasteiger partial charge >= 0.3 is 6.03 Å². The number of hydrogen-bond donors (Lipinski definition) is 1. The molecule has 1 fully saturated rings. The zero-order chi connectivity index (χ0) is 25.9. The van der Waals surface area contributed by atoms with Crippen LogP contribution >= 0.6 is 27.5 Å². The molecular weight excluding hydrogens is 556 g/mol. The van der Waals surface area contributed by atoms with Crippen LogP contribution in [0.4, 0.5) is 4.79 Å². The van der Waals surface area contributed by atoms with Crippen LogP contribution in [0.15, 0.2) is 89.0 Å². The lowest BCUT2D eigenvalue weighted by molar-refractivity contribution is -0.123. The maximum atomic E-state index is 12.9. The summed E-state index contributed by atoms with van der Waals surface area (Å²) < 4.78 is 12.5. The van der Waals surface area contributed by atoms with Crippen LogP contribution in [-0.2, 0) is 17.9 Å². The molecule has 0 saturated carbocycles. The first-order valence-electron chi connectivity index (χ1n) is 11.5. The predicted molar refractivity (Wildman–Crippen MR) is 147 cm³/mol. The van der Waals surface area contributed by atoms with Gasteiger partial charge in [0.05, 0.1) is 18.7 Å². The van der Waals surface area contributed by atoms with E-state index in [1.54, 1.807) is 18.2 Å². The van der Waals surface area contributed by atoms with Crippen LogP contribution < -0.4 is 14.8 Å². The molecule has 0 aliphatic carbocycles. The second-order valence-electron chi connectivity index (χ2n) is 8.47. The van der Waals surface area contributed by atoms with Gasteiger partial charge in [0.25, 0.3) is 5.91 Å². The number of nitrogens with one attached hydrogen (secondary N) is 1. The number of halogens is 2. The summed E-state index contributed by atoms with van der Waals surface area (Å²) in [6.45, 7) is 0.470. The number of methoxy groups -OCH3 is 1. The van der Waals surface area contributed by atoms with Gasteiger partial charge in [-0.3, -0.25) is 9.69 Å². The summed E-state index contributed by atoms with van der Waals surface area (Å²) in [6.07, 6.45) is 1.57. The van der Waals surface area contributed by atoms with Gasteiger partial charge in [-0.2, -0.15) is 0 Å². The zero-order valence-corrected chi connectivity index (χ0v) is 22.2. The van der Waals surface area contributed by atoms with Crippen LogP contribution in [0, 0.1) is 0 Å². The predicted octanol–water partition coefficient (Wildman–Crippen LogP) is 6.94. The molecule has 1 aliphatic rings. The molecule has 6 nitrogen and oxygen atoms in total. The number of carbonyl (C=O) groups excluding carboxylic acids is 2. The number of hydrogen-bond acceptors (Lipinski definition) is 4. The molecule has 186 valence electrons. The summed E-state index contributed by atoms with van der Waals surface area (Å²) in [7, 11) is 1.52. The second kappa shape index (κ2) is 10.7. The fourth-order valence-corrected chi connectivity index (χ4v) is 4.72. The molecule has 0 aromatic heterocycles. The summed E-state index contributed by atoms with van der Waals surface area (Å²) in [4.78, 5) is 26.6.